The van der Waals surface area contributed by atoms with Crippen LogP contribution in [0.3, 0.4) is 0 Å². The molecule has 0 fully saturated rings. The lowest BCUT2D eigenvalue weighted by Crippen LogP contribution is -1.84. The molecule has 0 bridgehead atoms. The molecule has 0 spiro atoms. The number of methoxy groups -OCH3 is 1. The van der Waals surface area contributed by atoms with Crippen molar-refractivity contribution in [2.75, 3.05) is 7.11 Å². The number of nitrogens with zero attached hydrogens (tertiary/aromatic N) is 1. The quantitative estimate of drug-likeness (QED) is 0.734. The molecule has 21 heavy (non-hydrogen) atoms. The molecule has 6 heteroatoms. The molecule has 2 N–H and O–H groups in total. The Morgan fingerprint density at radius 2 is 2.14 bits per heavy atom. The third kappa shape index (κ3) is 3.07. The first kappa shape index (κ1) is 14.4. The Kier molecular flexibility index (Phi) is 4.19. The first-order chi connectivity index (χ1) is 10.2. The third-order valence-corrected chi connectivity index (χ3v) is 4.93. The van der Waals surface area contributed by atoms with E-state index in [4.69, 9.17) is 9.84 Å². The van der Waals surface area contributed by atoms with Crippen LogP contribution in [0.5, 0.6) is 5.75 Å². The number of halogens is 1. The van der Waals surface area contributed by atoms with Gasteiger partial charge < -0.3 is 14.8 Å². The fourth-order valence-electron chi connectivity index (χ4n) is 1.97. The smallest absolute Gasteiger partial charge is 0.171 e. The summed E-state index contributed by atoms with van der Waals surface area (Å²) in [5.74, 6) is 0.802. The van der Waals surface area contributed by atoms with Crippen LogP contribution in [0.2, 0.25) is 0 Å². The molecule has 0 aliphatic heterocycles. The second-order valence-corrected chi connectivity index (χ2v) is 6.33. The summed E-state index contributed by atoms with van der Waals surface area (Å²) >= 11 is 5.06. The predicted molar refractivity (Wildman–Crippen MR) is 86.8 cm³/mol. The maximum atomic E-state index is 9.13. The van der Waals surface area contributed by atoms with Crippen molar-refractivity contribution >= 4 is 38.7 Å². The van der Waals surface area contributed by atoms with Crippen LogP contribution >= 0.6 is 27.7 Å². The van der Waals surface area contributed by atoms with Crippen LogP contribution < -0.4 is 4.74 Å². The van der Waals surface area contributed by atoms with Gasteiger partial charge in [-0.1, -0.05) is 17.8 Å². The summed E-state index contributed by atoms with van der Waals surface area (Å²) < 4.78 is 6.15. The van der Waals surface area contributed by atoms with E-state index in [1.165, 1.54) is 11.8 Å². The lowest BCUT2D eigenvalue weighted by atomic mass is 10.2. The maximum absolute atomic E-state index is 9.13. The monoisotopic (exact) mass is 364 g/mol. The Morgan fingerprint density at radius 1 is 1.29 bits per heavy atom. The van der Waals surface area contributed by atoms with Gasteiger partial charge in [-0.15, -0.1) is 0 Å². The summed E-state index contributed by atoms with van der Waals surface area (Å²) in [6.45, 7) is 0.0357. The van der Waals surface area contributed by atoms with Gasteiger partial charge in [0, 0.05) is 15.4 Å². The third-order valence-electron chi connectivity index (χ3n) is 3.05. The SMILES string of the molecule is COc1ccc2nc(Sc3ccc(CO)cc3Br)[nH]c2c1. The molecule has 0 amide bonds. The van der Waals surface area contributed by atoms with Crippen molar-refractivity contribution in [3.63, 3.8) is 0 Å². The standard InChI is InChI=1S/C15H13BrN2O2S/c1-20-10-3-4-12-13(7-10)18-15(17-12)21-14-5-2-9(8-19)6-11(14)16/h2-7,19H,8H2,1H3,(H,17,18). The number of fused-ring (bicyclic) bond motifs is 1. The van der Waals surface area contributed by atoms with Crippen LogP contribution in [0.15, 0.2) is 50.9 Å². The van der Waals surface area contributed by atoms with E-state index in [0.717, 1.165) is 36.9 Å². The number of H-pyrrole nitrogens is 1. The van der Waals surface area contributed by atoms with Gasteiger partial charge >= 0.3 is 0 Å². The van der Waals surface area contributed by atoms with Gasteiger partial charge in [0.05, 0.1) is 24.8 Å². The number of ether oxygens (including phenoxy) is 1. The Bertz CT molecular complexity index is 788. The van der Waals surface area contributed by atoms with E-state index in [9.17, 15) is 0 Å². The second-order valence-electron chi connectivity index (χ2n) is 4.45. The molecule has 0 aliphatic carbocycles. The zero-order valence-corrected chi connectivity index (χ0v) is 13.7. The molecule has 0 saturated heterocycles. The lowest BCUT2D eigenvalue weighted by Gasteiger charge is -2.03. The Morgan fingerprint density at radius 3 is 2.86 bits per heavy atom. The van der Waals surface area contributed by atoms with E-state index in [1.54, 1.807) is 7.11 Å². The van der Waals surface area contributed by atoms with E-state index < -0.39 is 0 Å². The average Bonchev–Trinajstić information content (AvgIpc) is 2.90. The molecule has 108 valence electrons. The summed E-state index contributed by atoms with van der Waals surface area (Å²) in [6, 6.07) is 11.5. The van der Waals surface area contributed by atoms with Crippen LogP contribution in [0.4, 0.5) is 0 Å². The largest absolute Gasteiger partial charge is 0.497 e. The minimum atomic E-state index is 0.0357. The molecule has 0 aliphatic rings. The van der Waals surface area contributed by atoms with Crippen LogP contribution in [-0.4, -0.2) is 22.2 Å². The van der Waals surface area contributed by atoms with Crippen molar-refractivity contribution in [3.05, 3.63) is 46.4 Å². The molecule has 0 atom stereocenters. The number of aromatic nitrogens is 2. The Hall–Kier alpha value is -1.50. The Labute approximate surface area is 134 Å². The zero-order valence-electron chi connectivity index (χ0n) is 11.3. The molecular weight excluding hydrogens is 352 g/mol. The number of rotatable bonds is 4. The molecule has 0 unspecified atom stereocenters. The minimum Gasteiger partial charge on any atom is -0.497 e. The van der Waals surface area contributed by atoms with Gasteiger partial charge in [-0.3, -0.25) is 0 Å². The number of nitrogens with one attached hydrogen (secondary N) is 1. The first-order valence-electron chi connectivity index (χ1n) is 6.30. The Balaban J connectivity index is 1.91. The molecule has 3 rings (SSSR count). The molecule has 0 radical (unpaired) electrons. The van der Waals surface area contributed by atoms with E-state index in [1.807, 2.05) is 36.4 Å². The fraction of sp³-hybridized carbons (Fsp3) is 0.133. The van der Waals surface area contributed by atoms with Crippen molar-refractivity contribution in [3.8, 4) is 5.75 Å². The van der Waals surface area contributed by atoms with Gasteiger partial charge in [-0.2, -0.15) is 0 Å². The van der Waals surface area contributed by atoms with Crippen LogP contribution in [0.25, 0.3) is 11.0 Å². The first-order valence-corrected chi connectivity index (χ1v) is 7.91. The minimum absolute atomic E-state index is 0.0357. The molecule has 1 aromatic heterocycles. The van der Waals surface area contributed by atoms with E-state index in [0.29, 0.717) is 0 Å². The highest BCUT2D eigenvalue weighted by Gasteiger charge is 2.08. The second kappa shape index (κ2) is 6.09. The van der Waals surface area contributed by atoms with E-state index in [-0.39, 0.29) is 6.61 Å². The highest BCUT2D eigenvalue weighted by molar-refractivity contribution is 9.10. The number of aromatic amines is 1. The highest BCUT2D eigenvalue weighted by atomic mass is 79.9. The fourth-order valence-corrected chi connectivity index (χ4v) is 3.45. The lowest BCUT2D eigenvalue weighted by molar-refractivity contribution is 0.281. The summed E-state index contributed by atoms with van der Waals surface area (Å²) in [6.07, 6.45) is 0. The van der Waals surface area contributed by atoms with Crippen LogP contribution in [-0.2, 0) is 6.61 Å². The molecule has 0 saturated carbocycles. The van der Waals surface area contributed by atoms with Gasteiger partial charge in [-0.05, 0) is 45.8 Å². The molecule has 1 heterocycles. The van der Waals surface area contributed by atoms with Crippen molar-refractivity contribution in [2.45, 2.75) is 16.7 Å². The highest BCUT2D eigenvalue weighted by Crippen LogP contribution is 2.34. The molecular formula is C15H13BrN2O2S. The number of benzene rings is 2. The predicted octanol–water partition coefficient (Wildman–Crippen LogP) is 3.98. The average molecular weight is 365 g/mol. The zero-order chi connectivity index (χ0) is 14.8. The van der Waals surface area contributed by atoms with Gasteiger partial charge in [-0.25, -0.2) is 4.98 Å². The van der Waals surface area contributed by atoms with E-state index >= 15 is 0 Å². The van der Waals surface area contributed by atoms with Crippen LogP contribution in [0, 0.1) is 0 Å². The number of aliphatic hydroxyl groups is 1. The number of imidazole rings is 1. The van der Waals surface area contributed by atoms with Gasteiger partial charge in [0.15, 0.2) is 5.16 Å². The van der Waals surface area contributed by atoms with Gasteiger partial charge in [0.2, 0.25) is 0 Å². The van der Waals surface area contributed by atoms with Crippen molar-refractivity contribution < 1.29 is 9.84 Å². The maximum Gasteiger partial charge on any atom is 0.171 e. The topological polar surface area (TPSA) is 58.1 Å². The summed E-state index contributed by atoms with van der Waals surface area (Å²) in [5, 5.41) is 9.94. The normalized spacial score (nSPS) is 11.0. The van der Waals surface area contributed by atoms with Gasteiger partial charge in [0.25, 0.3) is 0 Å². The van der Waals surface area contributed by atoms with Crippen LogP contribution in [0.1, 0.15) is 5.56 Å². The molecule has 4 nitrogen and oxygen atoms in total. The number of aliphatic hydroxyl groups excluding tert-OH is 1. The van der Waals surface area contributed by atoms with Gasteiger partial charge in [0.1, 0.15) is 5.75 Å². The van der Waals surface area contributed by atoms with Crippen molar-refractivity contribution in [1.82, 2.24) is 9.97 Å². The molecule has 2 aromatic carbocycles. The van der Waals surface area contributed by atoms with Crippen molar-refractivity contribution in [1.29, 1.82) is 0 Å². The summed E-state index contributed by atoms with van der Waals surface area (Å²) in [4.78, 5) is 8.86. The molecule has 3 aromatic rings. The summed E-state index contributed by atoms with van der Waals surface area (Å²) in [5.41, 5.74) is 2.72. The number of hydrogen-bond donors (Lipinski definition) is 2. The summed E-state index contributed by atoms with van der Waals surface area (Å²) in [7, 11) is 1.65. The van der Waals surface area contributed by atoms with E-state index in [2.05, 4.69) is 25.9 Å². The van der Waals surface area contributed by atoms with Crippen molar-refractivity contribution in [2.24, 2.45) is 0 Å². The number of hydrogen-bond acceptors (Lipinski definition) is 4.